The molecule has 2 heterocycles. The first kappa shape index (κ1) is 19.6. The number of nitrogens with zero attached hydrogens (tertiary/aromatic N) is 1. The van der Waals surface area contributed by atoms with E-state index < -0.39 is 18.0 Å². The largest absolute Gasteiger partial charge is 0.444 e. The zero-order valence-electron chi connectivity index (χ0n) is 15.7. The summed E-state index contributed by atoms with van der Waals surface area (Å²) in [4.78, 5) is 14.4. The number of hydrogen-bond acceptors (Lipinski definition) is 3. The third kappa shape index (κ3) is 4.57. The molecule has 27 heavy (non-hydrogen) atoms. The van der Waals surface area contributed by atoms with Crippen molar-refractivity contribution in [3.63, 3.8) is 0 Å². The van der Waals surface area contributed by atoms with Gasteiger partial charge in [0.15, 0.2) is 0 Å². The second-order valence-electron chi connectivity index (χ2n) is 7.95. The lowest BCUT2D eigenvalue weighted by molar-refractivity contribution is -0.0502. The monoisotopic (exact) mass is 383 g/mol. The summed E-state index contributed by atoms with van der Waals surface area (Å²) in [6, 6.07) is 3.40. The Bertz CT molecular complexity index is 742. The van der Waals surface area contributed by atoms with E-state index in [1.165, 1.54) is 12.1 Å². The van der Waals surface area contributed by atoms with Crippen molar-refractivity contribution in [3.05, 3.63) is 35.7 Å². The van der Waals surface area contributed by atoms with Crippen LogP contribution in [0, 0.1) is 5.82 Å². The van der Waals surface area contributed by atoms with Gasteiger partial charge < -0.3 is 9.47 Å². The second-order valence-corrected chi connectivity index (χ2v) is 7.95. The Hall–Kier alpha value is -2.18. The van der Waals surface area contributed by atoms with Crippen LogP contribution in [0.2, 0.25) is 0 Å². The molecular weight excluding hydrogens is 359 g/mol. The minimum absolute atomic E-state index is 0.0805. The van der Waals surface area contributed by atoms with Crippen LogP contribution in [0.4, 0.5) is 18.0 Å². The second kappa shape index (κ2) is 7.44. The molecule has 0 radical (unpaired) electrons. The third-order valence-electron chi connectivity index (χ3n) is 4.75. The molecule has 1 amide bonds. The van der Waals surface area contributed by atoms with Gasteiger partial charge >= 0.3 is 12.7 Å². The van der Waals surface area contributed by atoms with Crippen LogP contribution >= 0.6 is 0 Å². The summed E-state index contributed by atoms with van der Waals surface area (Å²) in [6.45, 7) is 2.42. The fourth-order valence-corrected chi connectivity index (χ4v) is 3.78. The number of rotatable bonds is 3. The SMILES string of the molecule is CC(C)(C)OC(=O)N1C2C=C(c3ccc(F)cc3OC(F)F)CC1CCC2. The van der Waals surface area contributed by atoms with Gasteiger partial charge in [0.1, 0.15) is 17.2 Å². The zero-order chi connectivity index (χ0) is 19.8. The maximum absolute atomic E-state index is 13.5. The molecule has 0 aliphatic carbocycles. The molecule has 2 aliphatic heterocycles. The van der Waals surface area contributed by atoms with Crippen LogP contribution in [0.5, 0.6) is 5.75 Å². The lowest BCUT2D eigenvalue weighted by Crippen LogP contribution is -2.53. The van der Waals surface area contributed by atoms with E-state index >= 15 is 0 Å². The van der Waals surface area contributed by atoms with Gasteiger partial charge in [-0.1, -0.05) is 6.08 Å². The van der Waals surface area contributed by atoms with Crippen molar-refractivity contribution in [2.45, 2.75) is 70.8 Å². The molecule has 1 aromatic rings. The summed E-state index contributed by atoms with van der Waals surface area (Å²) in [5.41, 5.74) is 0.641. The van der Waals surface area contributed by atoms with Gasteiger partial charge in [0.05, 0.1) is 6.04 Å². The average molecular weight is 383 g/mol. The summed E-state index contributed by atoms with van der Waals surface area (Å²) in [6.07, 6.45) is 4.56. The molecule has 2 atom stereocenters. The van der Waals surface area contributed by atoms with Gasteiger partial charge in [-0.05, 0) is 64.2 Å². The third-order valence-corrected chi connectivity index (χ3v) is 4.75. The highest BCUT2D eigenvalue weighted by atomic mass is 19.3. The van der Waals surface area contributed by atoms with Gasteiger partial charge in [0.2, 0.25) is 0 Å². The van der Waals surface area contributed by atoms with Crippen LogP contribution < -0.4 is 4.74 Å². The molecule has 2 bridgehead atoms. The van der Waals surface area contributed by atoms with Crippen molar-refractivity contribution in [3.8, 4) is 5.75 Å². The highest BCUT2D eigenvalue weighted by Crippen LogP contribution is 2.40. The average Bonchev–Trinajstić information content (AvgIpc) is 2.51. The number of ether oxygens (including phenoxy) is 2. The first-order valence-corrected chi connectivity index (χ1v) is 9.11. The molecule has 4 nitrogen and oxygen atoms in total. The first-order chi connectivity index (χ1) is 12.6. The Balaban J connectivity index is 1.91. The standard InChI is InChI=1S/C20H24F3NO3/c1-20(2,3)27-19(25)24-14-5-4-6-15(24)10-12(9-14)16-8-7-13(21)11-17(16)26-18(22)23/h7-9,11,14-15,18H,4-6,10H2,1-3H3. The Kier molecular flexibility index (Phi) is 5.40. The molecular formula is C20H24F3NO3. The summed E-state index contributed by atoms with van der Waals surface area (Å²) < 4.78 is 49.0. The number of amides is 1. The van der Waals surface area contributed by atoms with Gasteiger partial charge in [-0.15, -0.1) is 0 Å². The fourth-order valence-electron chi connectivity index (χ4n) is 3.78. The first-order valence-electron chi connectivity index (χ1n) is 9.11. The van der Waals surface area contributed by atoms with E-state index in [-0.39, 0.29) is 23.9 Å². The fraction of sp³-hybridized carbons (Fsp3) is 0.550. The van der Waals surface area contributed by atoms with E-state index in [1.807, 2.05) is 26.8 Å². The minimum atomic E-state index is -3.03. The Morgan fingerprint density at radius 1 is 1.26 bits per heavy atom. The van der Waals surface area contributed by atoms with E-state index in [0.29, 0.717) is 12.0 Å². The predicted molar refractivity (Wildman–Crippen MR) is 95.1 cm³/mol. The van der Waals surface area contributed by atoms with Gasteiger partial charge in [-0.25, -0.2) is 9.18 Å². The van der Waals surface area contributed by atoms with E-state index in [2.05, 4.69) is 4.74 Å². The number of piperidine rings is 1. The highest BCUT2D eigenvalue weighted by molar-refractivity contribution is 5.76. The van der Waals surface area contributed by atoms with E-state index in [0.717, 1.165) is 30.9 Å². The number of benzene rings is 1. The highest BCUT2D eigenvalue weighted by Gasteiger charge is 2.39. The van der Waals surface area contributed by atoms with E-state index in [4.69, 9.17) is 4.74 Å². The molecule has 0 spiro atoms. The molecule has 3 rings (SSSR count). The van der Waals surface area contributed by atoms with Crippen LogP contribution in [-0.4, -0.2) is 35.3 Å². The number of halogens is 3. The molecule has 148 valence electrons. The number of carbonyl (C=O) groups excluding carboxylic acids is 1. The normalized spacial score (nSPS) is 22.5. The topological polar surface area (TPSA) is 38.8 Å². The molecule has 0 N–H and O–H groups in total. The van der Waals surface area contributed by atoms with E-state index in [9.17, 15) is 18.0 Å². The van der Waals surface area contributed by atoms with Crippen molar-refractivity contribution in [2.75, 3.05) is 0 Å². The Labute approximate surface area is 156 Å². The van der Waals surface area contributed by atoms with Crippen molar-refractivity contribution >= 4 is 11.7 Å². The van der Waals surface area contributed by atoms with E-state index in [1.54, 1.807) is 4.90 Å². The van der Waals surface area contributed by atoms with Crippen molar-refractivity contribution in [1.29, 1.82) is 0 Å². The maximum atomic E-state index is 13.5. The molecule has 2 unspecified atom stereocenters. The van der Waals surface area contributed by atoms with Crippen LogP contribution in [-0.2, 0) is 4.74 Å². The Morgan fingerprint density at radius 2 is 2.00 bits per heavy atom. The van der Waals surface area contributed by atoms with Gasteiger partial charge in [0, 0.05) is 17.7 Å². The van der Waals surface area contributed by atoms with Gasteiger partial charge in [0.25, 0.3) is 0 Å². The molecule has 0 aromatic heterocycles. The van der Waals surface area contributed by atoms with Crippen molar-refractivity contribution in [1.82, 2.24) is 4.90 Å². The quantitative estimate of drug-likeness (QED) is 0.704. The molecule has 0 saturated carbocycles. The summed E-state index contributed by atoms with van der Waals surface area (Å²) >= 11 is 0. The predicted octanol–water partition coefficient (Wildman–Crippen LogP) is 5.37. The zero-order valence-corrected chi connectivity index (χ0v) is 15.7. The van der Waals surface area contributed by atoms with Crippen LogP contribution in [0.15, 0.2) is 24.3 Å². The summed E-state index contributed by atoms with van der Waals surface area (Å²) in [5, 5.41) is 0. The number of fused-ring (bicyclic) bond motifs is 2. The van der Waals surface area contributed by atoms with Crippen LogP contribution in [0.25, 0.3) is 5.57 Å². The lowest BCUT2D eigenvalue weighted by atomic mass is 9.83. The smallest absolute Gasteiger partial charge is 0.411 e. The lowest BCUT2D eigenvalue weighted by Gasteiger charge is -2.45. The molecule has 1 saturated heterocycles. The van der Waals surface area contributed by atoms with Crippen molar-refractivity contribution < 1.29 is 27.4 Å². The molecule has 7 heteroatoms. The number of alkyl halides is 2. The Morgan fingerprint density at radius 3 is 2.63 bits per heavy atom. The molecule has 1 aromatic carbocycles. The number of hydrogen-bond donors (Lipinski definition) is 0. The summed E-state index contributed by atoms with van der Waals surface area (Å²) in [7, 11) is 0. The van der Waals surface area contributed by atoms with Gasteiger partial charge in [-0.2, -0.15) is 8.78 Å². The maximum Gasteiger partial charge on any atom is 0.411 e. The van der Waals surface area contributed by atoms with Crippen LogP contribution in [0.3, 0.4) is 0 Å². The van der Waals surface area contributed by atoms with Crippen molar-refractivity contribution in [2.24, 2.45) is 0 Å². The van der Waals surface area contributed by atoms with Crippen LogP contribution in [0.1, 0.15) is 52.0 Å². The number of carbonyl (C=O) groups is 1. The minimum Gasteiger partial charge on any atom is -0.444 e. The van der Waals surface area contributed by atoms with Gasteiger partial charge in [-0.3, -0.25) is 4.90 Å². The molecule has 2 aliphatic rings. The summed E-state index contributed by atoms with van der Waals surface area (Å²) in [5.74, 6) is -0.818. The molecule has 1 fully saturated rings.